The van der Waals surface area contributed by atoms with E-state index < -0.39 is 11.0 Å². The van der Waals surface area contributed by atoms with Crippen molar-refractivity contribution >= 4 is 28.8 Å². The van der Waals surface area contributed by atoms with Gasteiger partial charge in [0, 0.05) is 17.8 Å². The van der Waals surface area contributed by atoms with Gasteiger partial charge in [-0.25, -0.2) is 0 Å². The lowest BCUT2D eigenvalue weighted by Crippen LogP contribution is -2.32. The molecule has 1 atom stereocenters. The molecule has 0 aromatic rings. The highest BCUT2D eigenvalue weighted by atomic mass is 24.3. The van der Waals surface area contributed by atoms with Crippen LogP contribution in [-0.4, -0.2) is 39.8 Å². The van der Waals surface area contributed by atoms with Crippen LogP contribution in [0.2, 0.25) is 0 Å². The molecule has 0 spiro atoms. The second kappa shape index (κ2) is 4.66. The summed E-state index contributed by atoms with van der Waals surface area (Å²) in [5.74, 6) is -0.198. The zero-order valence-electron chi connectivity index (χ0n) is 5.58. The Bertz CT molecular complexity index is 171. The summed E-state index contributed by atoms with van der Waals surface area (Å²) in [6.45, 7) is 0. The SMILES string of the molecule is O=C1CCCCC1[N+](=O)[O-].[MgH2]. The van der Waals surface area contributed by atoms with Crippen LogP contribution in [0.5, 0.6) is 0 Å². The maximum absolute atomic E-state index is 10.8. The molecule has 5 heteroatoms. The summed E-state index contributed by atoms with van der Waals surface area (Å²) in [7, 11) is 0. The van der Waals surface area contributed by atoms with Crippen molar-refractivity contribution < 1.29 is 9.72 Å². The molecule has 4 nitrogen and oxygen atoms in total. The molecule has 0 aliphatic heterocycles. The van der Waals surface area contributed by atoms with E-state index in [2.05, 4.69) is 0 Å². The smallest absolute Gasteiger partial charge is 0.292 e. The molecule has 60 valence electrons. The Morgan fingerprint density at radius 3 is 2.45 bits per heavy atom. The molecule has 0 aromatic heterocycles. The van der Waals surface area contributed by atoms with Gasteiger partial charge in [-0.2, -0.15) is 0 Å². The van der Waals surface area contributed by atoms with Gasteiger partial charge in [0.25, 0.3) is 6.04 Å². The van der Waals surface area contributed by atoms with Crippen LogP contribution in [0.1, 0.15) is 25.7 Å². The summed E-state index contributed by atoms with van der Waals surface area (Å²) < 4.78 is 0. The van der Waals surface area contributed by atoms with Crippen LogP contribution in [0.15, 0.2) is 0 Å². The Morgan fingerprint density at radius 1 is 1.45 bits per heavy atom. The molecule has 0 bridgehead atoms. The zero-order valence-corrected chi connectivity index (χ0v) is 5.58. The Labute approximate surface area is 80.6 Å². The molecule has 0 heterocycles. The van der Waals surface area contributed by atoms with Crippen LogP contribution < -0.4 is 0 Å². The van der Waals surface area contributed by atoms with Crippen LogP contribution in [0, 0.1) is 10.1 Å². The fraction of sp³-hybridized carbons (Fsp3) is 0.833. The number of hydrogen-bond acceptors (Lipinski definition) is 3. The van der Waals surface area contributed by atoms with Crippen LogP contribution in [0.3, 0.4) is 0 Å². The first kappa shape index (κ1) is 10.8. The maximum Gasteiger partial charge on any atom is 0.316 e. The lowest BCUT2D eigenvalue weighted by atomic mass is 9.95. The number of carbonyl (C=O) groups is 1. The zero-order chi connectivity index (χ0) is 7.56. The van der Waals surface area contributed by atoms with Gasteiger partial charge in [0.1, 0.15) is 0 Å². The van der Waals surface area contributed by atoms with Gasteiger partial charge in [-0.3, -0.25) is 14.9 Å². The first-order valence-electron chi connectivity index (χ1n) is 3.38. The largest absolute Gasteiger partial charge is 0.316 e. The summed E-state index contributed by atoms with van der Waals surface area (Å²) >= 11 is 0. The Hall–Kier alpha value is -0.164. The van der Waals surface area contributed by atoms with E-state index >= 15 is 0 Å². The minimum Gasteiger partial charge on any atom is -0.292 e. The van der Waals surface area contributed by atoms with Crippen molar-refractivity contribution in [2.75, 3.05) is 0 Å². The molecule has 1 fully saturated rings. The summed E-state index contributed by atoms with van der Waals surface area (Å²) in [5.41, 5.74) is 0. The third-order valence-electron chi connectivity index (χ3n) is 1.78. The first-order valence-corrected chi connectivity index (χ1v) is 3.38. The molecular formula is C6H11MgNO3. The molecule has 0 aromatic carbocycles. The molecule has 0 amide bonds. The van der Waals surface area contributed by atoms with Crippen LogP contribution in [-0.2, 0) is 4.79 Å². The van der Waals surface area contributed by atoms with E-state index in [0.29, 0.717) is 12.8 Å². The van der Waals surface area contributed by atoms with Crippen molar-refractivity contribution in [3.05, 3.63) is 10.1 Å². The predicted molar refractivity (Wildman–Crippen MR) is 42.8 cm³/mol. The third-order valence-corrected chi connectivity index (χ3v) is 1.78. The number of carbonyl (C=O) groups excluding carboxylic acids is 1. The van der Waals surface area contributed by atoms with E-state index in [4.69, 9.17) is 0 Å². The lowest BCUT2D eigenvalue weighted by Gasteiger charge is -2.12. The molecule has 0 saturated heterocycles. The molecule has 0 radical (unpaired) electrons. The fourth-order valence-corrected chi connectivity index (χ4v) is 1.19. The average molecular weight is 169 g/mol. The predicted octanol–water partition coefficient (Wildman–Crippen LogP) is -0.141. The van der Waals surface area contributed by atoms with Gasteiger partial charge in [-0.05, 0) is 12.8 Å². The summed E-state index contributed by atoms with van der Waals surface area (Å²) in [6.07, 6.45) is 2.47. The molecule has 1 aliphatic carbocycles. The van der Waals surface area contributed by atoms with Crippen LogP contribution in [0.25, 0.3) is 0 Å². The van der Waals surface area contributed by atoms with E-state index in [0.717, 1.165) is 12.8 Å². The van der Waals surface area contributed by atoms with Crippen LogP contribution >= 0.6 is 0 Å². The first-order chi connectivity index (χ1) is 4.72. The molecule has 1 aliphatic rings. The minimum absolute atomic E-state index is 0. The number of nitrogens with zero attached hydrogens (tertiary/aromatic N) is 1. The van der Waals surface area contributed by atoms with Crippen molar-refractivity contribution in [2.24, 2.45) is 0 Å². The van der Waals surface area contributed by atoms with E-state index in [9.17, 15) is 14.9 Å². The number of hydrogen-bond donors (Lipinski definition) is 0. The van der Waals surface area contributed by atoms with Crippen LogP contribution in [0.4, 0.5) is 0 Å². The van der Waals surface area contributed by atoms with Gasteiger partial charge >= 0.3 is 23.1 Å². The average Bonchev–Trinajstić information content (AvgIpc) is 1.88. The lowest BCUT2D eigenvalue weighted by molar-refractivity contribution is -0.509. The second-order valence-electron chi connectivity index (χ2n) is 2.51. The highest BCUT2D eigenvalue weighted by Gasteiger charge is 2.31. The minimum atomic E-state index is -0.895. The highest BCUT2D eigenvalue weighted by molar-refractivity contribution is 5.83. The van der Waals surface area contributed by atoms with Crippen molar-refractivity contribution in [2.45, 2.75) is 31.7 Å². The van der Waals surface area contributed by atoms with Gasteiger partial charge in [-0.15, -0.1) is 0 Å². The van der Waals surface area contributed by atoms with E-state index in [1.165, 1.54) is 0 Å². The molecule has 11 heavy (non-hydrogen) atoms. The number of nitro groups is 1. The van der Waals surface area contributed by atoms with Crippen molar-refractivity contribution in [1.29, 1.82) is 0 Å². The Balaban J connectivity index is 0.000001000. The molecule has 1 unspecified atom stereocenters. The van der Waals surface area contributed by atoms with E-state index in [1.807, 2.05) is 0 Å². The second-order valence-corrected chi connectivity index (χ2v) is 2.51. The van der Waals surface area contributed by atoms with Crippen molar-refractivity contribution in [3.8, 4) is 0 Å². The van der Waals surface area contributed by atoms with E-state index in [1.54, 1.807) is 0 Å². The van der Waals surface area contributed by atoms with Gasteiger partial charge < -0.3 is 0 Å². The van der Waals surface area contributed by atoms with Gasteiger partial charge in [0.15, 0.2) is 0 Å². The molecule has 0 N–H and O–H groups in total. The molecular weight excluding hydrogens is 158 g/mol. The van der Waals surface area contributed by atoms with E-state index in [-0.39, 0.29) is 28.8 Å². The van der Waals surface area contributed by atoms with Gasteiger partial charge in [0.2, 0.25) is 5.78 Å². The summed E-state index contributed by atoms with van der Waals surface area (Å²) in [5, 5.41) is 10.1. The number of ketones is 1. The quantitative estimate of drug-likeness (QED) is 0.312. The maximum atomic E-state index is 10.8. The fourth-order valence-electron chi connectivity index (χ4n) is 1.19. The van der Waals surface area contributed by atoms with Crippen molar-refractivity contribution in [3.63, 3.8) is 0 Å². The third kappa shape index (κ3) is 2.74. The summed E-state index contributed by atoms with van der Waals surface area (Å²) in [4.78, 5) is 20.5. The van der Waals surface area contributed by atoms with Gasteiger partial charge in [-0.1, -0.05) is 0 Å². The standard InChI is InChI=1S/C6H9NO3.Mg.2H/c8-6-4-2-1-3-5(6)7(9)10;;;/h5H,1-4H2;;;. The normalized spacial score (nSPS) is 24.0. The molecule has 1 saturated carbocycles. The number of rotatable bonds is 1. The monoisotopic (exact) mass is 169 g/mol. The Kier molecular flexibility index (Phi) is 4.59. The summed E-state index contributed by atoms with van der Waals surface area (Å²) in [6, 6.07) is -0.895. The number of Topliss-reactive ketones (excluding diaryl/α,β-unsaturated/α-hetero) is 1. The highest BCUT2D eigenvalue weighted by Crippen LogP contribution is 2.16. The molecule has 1 rings (SSSR count). The topological polar surface area (TPSA) is 60.2 Å². The Morgan fingerprint density at radius 2 is 2.09 bits per heavy atom. The van der Waals surface area contributed by atoms with Gasteiger partial charge in [0.05, 0.1) is 0 Å². The van der Waals surface area contributed by atoms with Crippen molar-refractivity contribution in [1.82, 2.24) is 0 Å².